The van der Waals surface area contributed by atoms with E-state index in [0.717, 1.165) is 11.1 Å². The van der Waals surface area contributed by atoms with Gasteiger partial charge in [-0.15, -0.1) is 23.5 Å². The van der Waals surface area contributed by atoms with Crippen LogP contribution in [0, 0.1) is 0 Å². The Labute approximate surface area is 408 Å². The first-order chi connectivity index (χ1) is 32.0. The van der Waals surface area contributed by atoms with E-state index in [1.54, 1.807) is 0 Å². The highest BCUT2D eigenvalue weighted by molar-refractivity contribution is 7.99. The minimum atomic E-state index is -0.873. The Balaban J connectivity index is 2.11. The average molecular weight is 980 g/mol. The Kier molecular flexibility index (Phi) is 22.3. The molecule has 68 heavy (non-hydrogen) atoms. The molecule has 0 bridgehead atoms. The van der Waals surface area contributed by atoms with Crippen molar-refractivity contribution >= 4 is 81.8 Å². The fraction of sp³-hybridized carbons (Fsp3) is 0.478. The highest BCUT2D eigenvalue weighted by Crippen LogP contribution is 2.41. The molecule has 4 amide bonds. The molecule has 374 valence electrons. The molecule has 0 aromatic heterocycles. The van der Waals surface area contributed by atoms with Crippen LogP contribution in [0.2, 0.25) is 0 Å². The number of rotatable bonds is 25. The number of nitrogens with two attached hydrogens (primary N) is 9. The molecule has 3 rings (SSSR count). The summed E-state index contributed by atoms with van der Waals surface area (Å²) in [4.78, 5) is 64.9. The van der Waals surface area contributed by atoms with Crippen LogP contribution in [-0.2, 0) is 20.4 Å². The van der Waals surface area contributed by atoms with Crippen molar-refractivity contribution in [2.75, 3.05) is 72.1 Å². The van der Waals surface area contributed by atoms with Crippen LogP contribution in [0.25, 0.3) is 0 Å². The molecule has 0 heterocycles. The number of carbonyl (C=O) groups excluding carboxylic acids is 4. The third kappa shape index (κ3) is 18.1. The normalized spacial score (nSPS) is 12.3. The maximum Gasteiger partial charge on any atom is 0.255 e. The summed E-state index contributed by atoms with van der Waals surface area (Å²) in [5.74, 6) is -0.957. The van der Waals surface area contributed by atoms with Crippen molar-refractivity contribution in [3.63, 3.8) is 0 Å². The van der Waals surface area contributed by atoms with E-state index in [9.17, 15) is 19.2 Å². The predicted molar refractivity (Wildman–Crippen MR) is 280 cm³/mol. The molecule has 0 radical (unpaired) electrons. The maximum absolute atomic E-state index is 14.5. The SMILES string of the molecule is CC(C)(C)c1cc(NC(=O)c2cc(OCCN)cc(C(=O)Nc3cc(C(C)(C)C)cc(NC(=O)[C@H](N)CCCN=C(N)N)c3SCCN)c2)c(SCCN)c(NC(=O)[C@H](N)CCCN=C(N)N)c1. The van der Waals surface area contributed by atoms with Gasteiger partial charge < -0.3 is 77.6 Å². The molecule has 0 aliphatic heterocycles. The van der Waals surface area contributed by atoms with Crippen LogP contribution in [0.3, 0.4) is 0 Å². The van der Waals surface area contributed by atoms with Gasteiger partial charge in [-0.2, -0.15) is 0 Å². The van der Waals surface area contributed by atoms with E-state index in [2.05, 4.69) is 31.3 Å². The van der Waals surface area contributed by atoms with Gasteiger partial charge in [-0.1, -0.05) is 41.5 Å². The van der Waals surface area contributed by atoms with E-state index in [1.807, 2.05) is 65.8 Å². The second-order valence-corrected chi connectivity index (χ2v) is 20.2. The molecular weight excluding hydrogens is 907 g/mol. The van der Waals surface area contributed by atoms with Crippen molar-refractivity contribution in [1.82, 2.24) is 0 Å². The molecular formula is C46H73N15O5S2. The number of ether oxygens (including phenoxy) is 1. The molecule has 0 aliphatic rings. The lowest BCUT2D eigenvalue weighted by molar-refractivity contribution is -0.118. The van der Waals surface area contributed by atoms with E-state index in [4.69, 9.17) is 56.3 Å². The summed E-state index contributed by atoms with van der Waals surface area (Å²) in [5.41, 5.74) is 54.7. The molecule has 0 unspecified atom stereocenters. The number of aliphatic imine (C=N–C) groups is 2. The third-order valence-corrected chi connectivity index (χ3v) is 12.4. The van der Waals surface area contributed by atoms with E-state index in [1.165, 1.54) is 41.7 Å². The number of amides is 4. The summed E-state index contributed by atoms with van der Waals surface area (Å²) in [7, 11) is 0. The fourth-order valence-electron chi connectivity index (χ4n) is 6.39. The minimum absolute atomic E-state index is 0.0462. The monoisotopic (exact) mass is 980 g/mol. The van der Waals surface area contributed by atoms with Gasteiger partial charge in [0.25, 0.3) is 11.8 Å². The minimum Gasteiger partial charge on any atom is -0.492 e. The summed E-state index contributed by atoms with van der Waals surface area (Å²) in [6, 6.07) is 10.2. The molecule has 2 atom stereocenters. The Morgan fingerprint density at radius 1 is 0.574 bits per heavy atom. The Hall–Kier alpha value is -5.62. The molecule has 3 aromatic carbocycles. The second kappa shape index (κ2) is 26.8. The summed E-state index contributed by atoms with van der Waals surface area (Å²) < 4.78 is 5.90. The molecule has 0 spiro atoms. The van der Waals surface area contributed by atoms with Crippen LogP contribution in [0.5, 0.6) is 5.75 Å². The standard InChI is InChI=1S/C46H73N15O5S2/c1-45(2,3)28-22-33(37(67-17-12-48)35(24-28)60-41(64)31(50)9-7-14-56-43(52)53)58-39(62)26-19-27(21-30(20-26)66-16-11-47)40(63)59-34-23-29(46(4,5)6)25-36(38(34)68-18-13-49)61-42(65)32(51)10-8-15-57-44(54)55/h19-25,31-32H,7-18,47-51H2,1-6H3,(H,58,62)(H,59,63)(H,60,64)(H,61,65)(H4,52,53,56)(H4,54,55,57)/t31-,32-/m1/s1. The van der Waals surface area contributed by atoms with Crippen LogP contribution >= 0.6 is 23.5 Å². The zero-order chi connectivity index (χ0) is 50.8. The van der Waals surface area contributed by atoms with Gasteiger partial charge in [0.1, 0.15) is 12.4 Å². The average Bonchev–Trinajstić information content (AvgIpc) is 3.26. The van der Waals surface area contributed by atoms with Crippen LogP contribution in [0.1, 0.15) is 99.1 Å². The highest BCUT2D eigenvalue weighted by atomic mass is 32.2. The number of carbonyl (C=O) groups is 4. The Morgan fingerprint density at radius 3 is 1.26 bits per heavy atom. The number of nitrogens with one attached hydrogen (secondary N) is 4. The van der Waals surface area contributed by atoms with Gasteiger partial charge in [0, 0.05) is 55.4 Å². The number of anilines is 4. The van der Waals surface area contributed by atoms with Crippen molar-refractivity contribution in [1.29, 1.82) is 0 Å². The lowest BCUT2D eigenvalue weighted by Crippen LogP contribution is -2.36. The zero-order valence-electron chi connectivity index (χ0n) is 40.1. The predicted octanol–water partition coefficient (Wildman–Crippen LogP) is 2.86. The van der Waals surface area contributed by atoms with Crippen LogP contribution in [-0.4, -0.2) is 98.5 Å². The molecule has 0 aliphatic carbocycles. The molecule has 0 saturated carbocycles. The van der Waals surface area contributed by atoms with E-state index >= 15 is 0 Å². The van der Waals surface area contributed by atoms with Crippen molar-refractivity contribution in [3.05, 3.63) is 64.7 Å². The first kappa shape index (κ1) is 56.7. The number of benzene rings is 3. The Bertz CT molecular complexity index is 2120. The topological polar surface area (TPSA) is 385 Å². The van der Waals surface area contributed by atoms with Gasteiger partial charge in [0.2, 0.25) is 11.8 Å². The van der Waals surface area contributed by atoms with Gasteiger partial charge >= 0.3 is 0 Å². The third-order valence-electron chi connectivity index (χ3n) is 10.1. The van der Waals surface area contributed by atoms with E-state index in [-0.39, 0.29) is 41.9 Å². The van der Waals surface area contributed by atoms with Gasteiger partial charge in [0.05, 0.1) is 44.6 Å². The largest absolute Gasteiger partial charge is 0.492 e. The number of guanidine groups is 2. The summed E-state index contributed by atoms with van der Waals surface area (Å²) in [6.07, 6.45) is 1.60. The summed E-state index contributed by atoms with van der Waals surface area (Å²) in [6.45, 7) is 13.6. The van der Waals surface area contributed by atoms with Gasteiger partial charge in [-0.05, 0) is 90.1 Å². The van der Waals surface area contributed by atoms with Crippen molar-refractivity contribution in [2.24, 2.45) is 61.6 Å². The van der Waals surface area contributed by atoms with Crippen LogP contribution in [0.4, 0.5) is 22.7 Å². The van der Waals surface area contributed by atoms with E-state index < -0.39 is 46.5 Å². The van der Waals surface area contributed by atoms with E-state index in [0.29, 0.717) is 95.9 Å². The summed E-state index contributed by atoms with van der Waals surface area (Å²) in [5, 5.41) is 12.0. The molecule has 0 fully saturated rings. The van der Waals surface area contributed by atoms with Crippen LogP contribution in [0.15, 0.2) is 62.2 Å². The summed E-state index contributed by atoms with van der Waals surface area (Å²) >= 11 is 2.71. The van der Waals surface area contributed by atoms with Crippen molar-refractivity contribution in [3.8, 4) is 5.75 Å². The van der Waals surface area contributed by atoms with Crippen molar-refractivity contribution in [2.45, 2.75) is 99.9 Å². The lowest BCUT2D eigenvalue weighted by Gasteiger charge is -2.25. The number of thioether (sulfide) groups is 2. The number of hydrogen-bond donors (Lipinski definition) is 13. The Morgan fingerprint density at radius 2 is 0.941 bits per heavy atom. The van der Waals surface area contributed by atoms with Crippen LogP contribution < -0.4 is 77.6 Å². The van der Waals surface area contributed by atoms with Gasteiger partial charge in [-0.25, -0.2) is 0 Å². The van der Waals surface area contributed by atoms with Gasteiger partial charge in [0.15, 0.2) is 11.9 Å². The zero-order valence-corrected chi connectivity index (χ0v) is 41.8. The fourth-order valence-corrected chi connectivity index (χ4v) is 8.10. The first-order valence-corrected chi connectivity index (χ1v) is 24.3. The molecule has 22 N–H and O–H groups in total. The highest BCUT2D eigenvalue weighted by Gasteiger charge is 2.26. The molecule has 20 nitrogen and oxygen atoms in total. The maximum atomic E-state index is 14.5. The molecule has 3 aromatic rings. The molecule has 22 heteroatoms. The second-order valence-electron chi connectivity index (χ2n) is 18.0. The smallest absolute Gasteiger partial charge is 0.255 e. The quantitative estimate of drug-likeness (QED) is 0.0251. The van der Waals surface area contributed by atoms with Gasteiger partial charge in [-0.3, -0.25) is 29.2 Å². The number of nitrogens with zero attached hydrogens (tertiary/aromatic N) is 2. The first-order valence-electron chi connectivity index (χ1n) is 22.4. The number of hydrogen-bond acceptors (Lipinski definition) is 14. The molecule has 0 saturated heterocycles. The lowest BCUT2D eigenvalue weighted by atomic mass is 9.86. The van der Waals surface area contributed by atoms with Crippen molar-refractivity contribution < 1.29 is 23.9 Å².